The van der Waals surface area contributed by atoms with E-state index in [0.29, 0.717) is 17.4 Å². The fraction of sp³-hybridized carbons (Fsp3) is 0.533. The number of amides is 1. The van der Waals surface area contributed by atoms with Gasteiger partial charge in [-0.05, 0) is 43.4 Å². The second-order valence-electron chi connectivity index (χ2n) is 5.40. The van der Waals surface area contributed by atoms with Crippen molar-refractivity contribution in [2.75, 3.05) is 13.1 Å². The van der Waals surface area contributed by atoms with Crippen LogP contribution in [0.2, 0.25) is 5.02 Å². The maximum Gasteiger partial charge on any atom is 0.226 e. The molecule has 104 valence electrons. The highest BCUT2D eigenvalue weighted by molar-refractivity contribution is 6.30. The zero-order valence-electron chi connectivity index (χ0n) is 11.3. The lowest BCUT2D eigenvalue weighted by Crippen LogP contribution is -2.45. The Morgan fingerprint density at radius 3 is 2.79 bits per heavy atom. The second kappa shape index (κ2) is 6.40. The number of halogens is 1. The summed E-state index contributed by atoms with van der Waals surface area (Å²) < 4.78 is 0. The highest BCUT2D eigenvalue weighted by atomic mass is 35.5. The lowest BCUT2D eigenvalue weighted by molar-refractivity contribution is -0.132. The molecule has 19 heavy (non-hydrogen) atoms. The normalized spacial score (nSPS) is 21.2. The summed E-state index contributed by atoms with van der Waals surface area (Å²) in [7, 11) is 0. The minimum atomic E-state index is 0.158. The van der Waals surface area contributed by atoms with Gasteiger partial charge in [0.2, 0.25) is 5.91 Å². The van der Waals surface area contributed by atoms with E-state index in [4.69, 9.17) is 17.3 Å². The maximum atomic E-state index is 12.3. The van der Waals surface area contributed by atoms with Gasteiger partial charge in [0.05, 0.1) is 6.42 Å². The van der Waals surface area contributed by atoms with Crippen LogP contribution >= 0.6 is 11.6 Å². The predicted molar refractivity (Wildman–Crippen MR) is 78.1 cm³/mol. The number of hydrogen-bond acceptors (Lipinski definition) is 2. The number of likely N-dealkylation sites (tertiary alicyclic amines) is 1. The number of carbonyl (C=O) groups is 1. The number of rotatable bonds is 3. The van der Waals surface area contributed by atoms with Crippen LogP contribution in [0.25, 0.3) is 0 Å². The zero-order valence-corrected chi connectivity index (χ0v) is 12.1. The average molecular weight is 281 g/mol. The first-order valence-electron chi connectivity index (χ1n) is 6.84. The fourth-order valence-electron chi connectivity index (χ4n) is 2.55. The van der Waals surface area contributed by atoms with E-state index in [9.17, 15) is 4.79 Å². The van der Waals surface area contributed by atoms with Gasteiger partial charge in [-0.15, -0.1) is 0 Å². The van der Waals surface area contributed by atoms with Crippen LogP contribution in [-0.2, 0) is 11.2 Å². The highest BCUT2D eigenvalue weighted by Gasteiger charge is 2.25. The second-order valence-corrected chi connectivity index (χ2v) is 5.84. The van der Waals surface area contributed by atoms with E-state index in [2.05, 4.69) is 0 Å². The molecular formula is C15H21ClN2O. The third-order valence-electron chi connectivity index (χ3n) is 3.82. The third-order valence-corrected chi connectivity index (χ3v) is 4.07. The molecule has 0 aliphatic carbocycles. The molecule has 1 aromatic rings. The summed E-state index contributed by atoms with van der Waals surface area (Å²) >= 11 is 5.84. The molecule has 2 rings (SSSR count). The summed E-state index contributed by atoms with van der Waals surface area (Å²) in [6.45, 7) is 3.68. The van der Waals surface area contributed by atoms with Crippen LogP contribution in [0.4, 0.5) is 0 Å². The Morgan fingerprint density at radius 1 is 1.47 bits per heavy atom. The lowest BCUT2D eigenvalue weighted by Gasteiger charge is -2.34. The molecule has 0 aromatic heterocycles. The van der Waals surface area contributed by atoms with E-state index in [-0.39, 0.29) is 11.9 Å². The monoisotopic (exact) mass is 280 g/mol. The van der Waals surface area contributed by atoms with Gasteiger partial charge in [-0.1, -0.05) is 23.7 Å². The van der Waals surface area contributed by atoms with Crippen LogP contribution in [-0.4, -0.2) is 29.9 Å². The van der Waals surface area contributed by atoms with Gasteiger partial charge in [-0.2, -0.15) is 0 Å². The lowest BCUT2D eigenvalue weighted by atomic mass is 9.92. The van der Waals surface area contributed by atoms with Crippen molar-refractivity contribution in [2.45, 2.75) is 32.2 Å². The molecule has 1 fully saturated rings. The molecule has 1 aromatic carbocycles. The summed E-state index contributed by atoms with van der Waals surface area (Å²) in [5, 5.41) is 0.700. The Labute approximate surface area is 119 Å². The van der Waals surface area contributed by atoms with Crippen LogP contribution in [0.5, 0.6) is 0 Å². The van der Waals surface area contributed by atoms with E-state index >= 15 is 0 Å². The molecule has 3 nitrogen and oxygen atoms in total. The Morgan fingerprint density at radius 2 is 2.16 bits per heavy atom. The van der Waals surface area contributed by atoms with E-state index in [0.717, 1.165) is 31.5 Å². The standard InChI is InChI=1S/C15H21ClN2O/c1-11(17)13-3-2-8-18(10-13)15(19)9-12-4-6-14(16)7-5-12/h4-7,11,13H,2-3,8-10,17H2,1H3/t11-,13+/m0/s1. The van der Waals surface area contributed by atoms with Gasteiger partial charge in [0.15, 0.2) is 0 Å². The number of piperidine rings is 1. The Bertz CT molecular complexity index is 430. The van der Waals surface area contributed by atoms with Crippen molar-refractivity contribution in [3.05, 3.63) is 34.9 Å². The Balaban J connectivity index is 1.94. The zero-order chi connectivity index (χ0) is 13.8. The van der Waals surface area contributed by atoms with Gasteiger partial charge in [0.25, 0.3) is 0 Å². The summed E-state index contributed by atoms with van der Waals surface area (Å²) in [6.07, 6.45) is 2.63. The molecule has 1 heterocycles. The number of hydrogen-bond donors (Lipinski definition) is 1. The maximum absolute atomic E-state index is 12.3. The topological polar surface area (TPSA) is 46.3 Å². The first-order valence-corrected chi connectivity index (χ1v) is 7.22. The predicted octanol–water partition coefficient (Wildman–Crippen LogP) is 2.47. The molecule has 0 spiro atoms. The number of benzene rings is 1. The molecule has 1 aliphatic heterocycles. The molecule has 1 saturated heterocycles. The van der Waals surface area contributed by atoms with Gasteiger partial charge in [0.1, 0.15) is 0 Å². The largest absolute Gasteiger partial charge is 0.342 e. The van der Waals surface area contributed by atoms with Crippen molar-refractivity contribution in [3.63, 3.8) is 0 Å². The van der Waals surface area contributed by atoms with Gasteiger partial charge < -0.3 is 10.6 Å². The van der Waals surface area contributed by atoms with Gasteiger partial charge in [0, 0.05) is 24.2 Å². The first kappa shape index (κ1) is 14.4. The van der Waals surface area contributed by atoms with Crippen molar-refractivity contribution in [1.82, 2.24) is 4.90 Å². The summed E-state index contributed by atoms with van der Waals surface area (Å²) in [5.41, 5.74) is 6.96. The summed E-state index contributed by atoms with van der Waals surface area (Å²) in [5.74, 6) is 0.621. The number of nitrogens with zero attached hydrogens (tertiary/aromatic N) is 1. The van der Waals surface area contributed by atoms with Crippen molar-refractivity contribution in [2.24, 2.45) is 11.7 Å². The quantitative estimate of drug-likeness (QED) is 0.924. The molecule has 0 bridgehead atoms. The smallest absolute Gasteiger partial charge is 0.226 e. The van der Waals surface area contributed by atoms with Gasteiger partial charge in [-0.3, -0.25) is 4.79 Å². The van der Waals surface area contributed by atoms with Gasteiger partial charge >= 0.3 is 0 Å². The van der Waals surface area contributed by atoms with E-state index in [1.54, 1.807) is 0 Å². The molecule has 2 atom stereocenters. The molecule has 1 aliphatic rings. The molecule has 0 radical (unpaired) electrons. The van der Waals surface area contributed by atoms with E-state index in [1.165, 1.54) is 0 Å². The van der Waals surface area contributed by atoms with Crippen LogP contribution < -0.4 is 5.73 Å². The fourth-order valence-corrected chi connectivity index (χ4v) is 2.68. The van der Waals surface area contributed by atoms with Crippen molar-refractivity contribution >= 4 is 17.5 Å². The molecular weight excluding hydrogens is 260 g/mol. The third kappa shape index (κ3) is 3.95. The van der Waals surface area contributed by atoms with Crippen molar-refractivity contribution in [3.8, 4) is 0 Å². The summed E-state index contributed by atoms with van der Waals surface area (Å²) in [4.78, 5) is 14.2. The minimum Gasteiger partial charge on any atom is -0.342 e. The highest BCUT2D eigenvalue weighted by Crippen LogP contribution is 2.20. The molecule has 1 amide bonds. The van der Waals surface area contributed by atoms with Crippen molar-refractivity contribution < 1.29 is 4.79 Å². The molecule has 2 N–H and O–H groups in total. The van der Waals surface area contributed by atoms with E-state index in [1.807, 2.05) is 36.1 Å². The Hall–Kier alpha value is -1.06. The molecule has 4 heteroatoms. The number of carbonyl (C=O) groups excluding carboxylic acids is 1. The average Bonchev–Trinajstić information content (AvgIpc) is 2.41. The van der Waals surface area contributed by atoms with E-state index < -0.39 is 0 Å². The van der Waals surface area contributed by atoms with Crippen LogP contribution in [0.1, 0.15) is 25.3 Å². The Kier molecular flexibility index (Phi) is 4.83. The van der Waals surface area contributed by atoms with Gasteiger partial charge in [-0.25, -0.2) is 0 Å². The SMILES string of the molecule is C[C@H](N)[C@@H]1CCCN(C(=O)Cc2ccc(Cl)cc2)C1. The molecule has 0 saturated carbocycles. The van der Waals surface area contributed by atoms with Crippen molar-refractivity contribution in [1.29, 1.82) is 0 Å². The summed E-state index contributed by atoms with van der Waals surface area (Å²) in [6, 6.07) is 7.63. The minimum absolute atomic E-state index is 0.158. The first-order chi connectivity index (χ1) is 9.06. The molecule has 0 unspecified atom stereocenters. The van der Waals surface area contributed by atoms with Crippen LogP contribution in [0, 0.1) is 5.92 Å². The number of nitrogens with two attached hydrogens (primary N) is 1. The van der Waals surface area contributed by atoms with Crippen LogP contribution in [0.3, 0.4) is 0 Å². The van der Waals surface area contributed by atoms with Crippen LogP contribution in [0.15, 0.2) is 24.3 Å².